The Balaban J connectivity index is 1.91. The fraction of sp³-hybridized carbons (Fsp3) is 0.200. The number of pyridine rings is 1. The van der Waals surface area contributed by atoms with Crippen molar-refractivity contribution in [1.82, 2.24) is 8.96 Å². The summed E-state index contributed by atoms with van der Waals surface area (Å²) in [5.41, 5.74) is 0.434. The maximum Gasteiger partial charge on any atom is 0.331 e. The van der Waals surface area contributed by atoms with Crippen molar-refractivity contribution < 1.29 is 17.9 Å². The molecule has 0 spiro atoms. The fourth-order valence-electron chi connectivity index (χ4n) is 2.51. The first kappa shape index (κ1) is 18.8. The van der Waals surface area contributed by atoms with Gasteiger partial charge < -0.3 is 4.74 Å². The number of carbonyl (C=O) groups excluding carboxylic acids is 1. The van der Waals surface area contributed by atoms with Gasteiger partial charge in [-0.1, -0.05) is 18.2 Å². The predicted molar refractivity (Wildman–Crippen MR) is 104 cm³/mol. The van der Waals surface area contributed by atoms with Crippen molar-refractivity contribution in [3.63, 3.8) is 0 Å². The van der Waals surface area contributed by atoms with Crippen molar-refractivity contribution in [2.24, 2.45) is 0 Å². The standard InChI is InChI=1S/C20H20N2O4S/c1-20(2,3)26-18(23)10-9-15-13-16-11-12-22(19(16)21-14-15)27(24,25)17-7-5-4-6-8-17/h4-14H,1-3H3/b10-9+. The molecule has 27 heavy (non-hydrogen) atoms. The van der Waals surface area contributed by atoms with Crippen molar-refractivity contribution >= 4 is 33.1 Å². The van der Waals surface area contributed by atoms with Crippen LogP contribution in [-0.2, 0) is 19.6 Å². The first-order valence-corrected chi connectivity index (χ1v) is 9.80. The highest BCUT2D eigenvalue weighted by atomic mass is 32.2. The van der Waals surface area contributed by atoms with Crippen molar-refractivity contribution in [2.75, 3.05) is 0 Å². The Kier molecular flexibility index (Phi) is 4.89. The van der Waals surface area contributed by atoms with Gasteiger partial charge in [0.1, 0.15) is 5.60 Å². The van der Waals surface area contributed by atoms with Crippen molar-refractivity contribution in [1.29, 1.82) is 0 Å². The van der Waals surface area contributed by atoms with Crippen LogP contribution in [0.2, 0.25) is 0 Å². The topological polar surface area (TPSA) is 78.3 Å². The van der Waals surface area contributed by atoms with Crippen LogP contribution in [-0.4, -0.2) is 28.9 Å². The summed E-state index contributed by atoms with van der Waals surface area (Å²) in [5.74, 6) is -0.452. The zero-order valence-electron chi connectivity index (χ0n) is 15.3. The Bertz CT molecular complexity index is 1110. The summed E-state index contributed by atoms with van der Waals surface area (Å²) in [7, 11) is -3.72. The number of ether oxygens (including phenoxy) is 1. The molecule has 3 rings (SSSR count). The quantitative estimate of drug-likeness (QED) is 0.507. The third-order valence-corrected chi connectivity index (χ3v) is 5.31. The molecule has 2 aromatic heterocycles. The highest BCUT2D eigenvalue weighted by Gasteiger charge is 2.19. The Hall–Kier alpha value is -2.93. The molecule has 0 amide bonds. The molecule has 7 heteroatoms. The van der Waals surface area contributed by atoms with E-state index in [-0.39, 0.29) is 4.90 Å². The van der Waals surface area contributed by atoms with Gasteiger partial charge in [-0.05, 0) is 56.7 Å². The Labute approximate surface area is 158 Å². The first-order valence-electron chi connectivity index (χ1n) is 8.36. The van der Waals surface area contributed by atoms with E-state index < -0.39 is 21.6 Å². The largest absolute Gasteiger partial charge is 0.457 e. The third kappa shape index (κ3) is 4.25. The van der Waals surface area contributed by atoms with Gasteiger partial charge in [0.05, 0.1) is 4.90 Å². The number of benzene rings is 1. The molecule has 2 heterocycles. The fourth-order valence-corrected chi connectivity index (χ4v) is 3.84. The monoisotopic (exact) mass is 384 g/mol. The summed E-state index contributed by atoms with van der Waals surface area (Å²) in [6.45, 7) is 5.38. The lowest BCUT2D eigenvalue weighted by Gasteiger charge is -2.17. The minimum Gasteiger partial charge on any atom is -0.457 e. The first-order chi connectivity index (χ1) is 12.7. The lowest BCUT2D eigenvalue weighted by Crippen LogP contribution is -2.22. The number of fused-ring (bicyclic) bond motifs is 1. The van der Waals surface area contributed by atoms with Crippen LogP contribution in [0, 0.1) is 0 Å². The van der Waals surface area contributed by atoms with Crippen LogP contribution in [0.15, 0.2) is 65.8 Å². The molecule has 140 valence electrons. The van der Waals surface area contributed by atoms with Gasteiger partial charge in [0.15, 0.2) is 5.65 Å². The van der Waals surface area contributed by atoms with Gasteiger partial charge in [-0.15, -0.1) is 0 Å². The maximum atomic E-state index is 12.8. The molecule has 0 aliphatic carbocycles. The molecule has 3 aromatic rings. The van der Waals surface area contributed by atoms with Gasteiger partial charge in [0.25, 0.3) is 10.0 Å². The van der Waals surface area contributed by atoms with Crippen LogP contribution in [0.4, 0.5) is 0 Å². The predicted octanol–water partition coefficient (Wildman–Crippen LogP) is 3.63. The molecule has 0 aliphatic heterocycles. The minimum atomic E-state index is -3.72. The second kappa shape index (κ2) is 7.00. The van der Waals surface area contributed by atoms with E-state index in [1.807, 2.05) is 0 Å². The van der Waals surface area contributed by atoms with E-state index in [9.17, 15) is 13.2 Å². The van der Waals surface area contributed by atoms with Crippen molar-refractivity contribution in [3.05, 3.63) is 66.5 Å². The summed E-state index contributed by atoms with van der Waals surface area (Å²) in [4.78, 5) is 16.2. The van der Waals surface area contributed by atoms with Crippen LogP contribution < -0.4 is 0 Å². The number of rotatable bonds is 4. The van der Waals surface area contributed by atoms with E-state index in [4.69, 9.17) is 4.74 Å². The summed E-state index contributed by atoms with van der Waals surface area (Å²) in [6, 6.07) is 11.6. The van der Waals surface area contributed by atoms with E-state index in [2.05, 4.69) is 4.98 Å². The van der Waals surface area contributed by atoms with Gasteiger partial charge in [0, 0.05) is 23.9 Å². The average Bonchev–Trinajstić information content (AvgIpc) is 3.03. The van der Waals surface area contributed by atoms with Crippen LogP contribution in [0.5, 0.6) is 0 Å². The number of esters is 1. The lowest BCUT2D eigenvalue weighted by molar-refractivity contribution is -0.148. The average molecular weight is 384 g/mol. The second-order valence-electron chi connectivity index (χ2n) is 6.98. The molecule has 0 bridgehead atoms. The summed E-state index contributed by atoms with van der Waals surface area (Å²) in [5, 5.41) is 0.654. The molecule has 0 aliphatic rings. The molecule has 0 saturated carbocycles. The Morgan fingerprint density at radius 2 is 1.85 bits per heavy atom. The molecule has 1 aromatic carbocycles. The minimum absolute atomic E-state index is 0.193. The molecule has 0 fully saturated rings. The van der Waals surface area contributed by atoms with Gasteiger partial charge >= 0.3 is 5.97 Å². The number of hydrogen-bond acceptors (Lipinski definition) is 5. The molecule has 0 atom stereocenters. The lowest BCUT2D eigenvalue weighted by atomic mass is 10.2. The van der Waals surface area contributed by atoms with E-state index in [1.165, 1.54) is 18.5 Å². The van der Waals surface area contributed by atoms with E-state index in [1.54, 1.807) is 69.3 Å². The second-order valence-corrected chi connectivity index (χ2v) is 8.79. The highest BCUT2D eigenvalue weighted by molar-refractivity contribution is 7.90. The SMILES string of the molecule is CC(C)(C)OC(=O)/C=C/c1cnc2c(ccn2S(=O)(=O)c2ccccc2)c1. The molecular formula is C20H20N2O4S. The van der Waals surface area contributed by atoms with Crippen LogP contribution in [0.3, 0.4) is 0 Å². The van der Waals surface area contributed by atoms with Crippen LogP contribution >= 0.6 is 0 Å². The zero-order valence-corrected chi connectivity index (χ0v) is 16.1. The Morgan fingerprint density at radius 3 is 2.52 bits per heavy atom. The van der Waals surface area contributed by atoms with Gasteiger partial charge in [0.2, 0.25) is 0 Å². The third-order valence-electron chi connectivity index (χ3n) is 3.63. The highest BCUT2D eigenvalue weighted by Crippen LogP contribution is 2.21. The van der Waals surface area contributed by atoms with E-state index in [0.717, 1.165) is 3.97 Å². The smallest absolute Gasteiger partial charge is 0.331 e. The number of aromatic nitrogens is 2. The molecule has 0 N–H and O–H groups in total. The number of hydrogen-bond donors (Lipinski definition) is 0. The van der Waals surface area contributed by atoms with Crippen LogP contribution in [0.1, 0.15) is 26.3 Å². The molecular weight excluding hydrogens is 364 g/mol. The normalized spacial score (nSPS) is 12.6. The van der Waals surface area contributed by atoms with Gasteiger partial charge in [-0.3, -0.25) is 0 Å². The molecule has 0 unspecified atom stereocenters. The summed E-state index contributed by atoms with van der Waals surface area (Å²) < 4.78 is 31.9. The number of carbonyl (C=O) groups is 1. The van der Waals surface area contributed by atoms with Crippen LogP contribution in [0.25, 0.3) is 17.1 Å². The Morgan fingerprint density at radius 1 is 1.15 bits per heavy atom. The van der Waals surface area contributed by atoms with E-state index in [0.29, 0.717) is 16.6 Å². The van der Waals surface area contributed by atoms with E-state index >= 15 is 0 Å². The molecule has 0 saturated heterocycles. The zero-order chi connectivity index (χ0) is 19.7. The van der Waals surface area contributed by atoms with Gasteiger partial charge in [-0.2, -0.15) is 0 Å². The van der Waals surface area contributed by atoms with Crippen molar-refractivity contribution in [2.45, 2.75) is 31.3 Å². The maximum absolute atomic E-state index is 12.8. The van der Waals surface area contributed by atoms with Crippen molar-refractivity contribution in [3.8, 4) is 0 Å². The van der Waals surface area contributed by atoms with Gasteiger partial charge in [-0.25, -0.2) is 22.2 Å². The number of nitrogens with zero attached hydrogens (tertiary/aromatic N) is 2. The molecule has 6 nitrogen and oxygen atoms in total. The summed E-state index contributed by atoms with van der Waals surface area (Å²) >= 11 is 0. The molecule has 0 radical (unpaired) electrons. The summed E-state index contributed by atoms with van der Waals surface area (Å²) in [6.07, 6.45) is 5.90.